The fourth-order valence-electron chi connectivity index (χ4n) is 5.74. The summed E-state index contributed by atoms with van der Waals surface area (Å²) in [6.07, 6.45) is 0. The smallest absolute Gasteiger partial charge is 0.344 e. The van der Waals surface area contributed by atoms with E-state index in [1.807, 2.05) is 72.8 Å². The molecule has 0 amide bonds. The molecule has 4 nitrogen and oxygen atoms in total. The summed E-state index contributed by atoms with van der Waals surface area (Å²) < 4.78 is 7.56. The minimum absolute atomic E-state index is 0.191. The van der Waals surface area contributed by atoms with Gasteiger partial charge in [-0.25, -0.2) is 4.79 Å². The molecule has 0 unspecified atom stereocenters. The fraction of sp³-hybridized carbons (Fsp3) is 0.0286. The molecule has 0 saturated carbocycles. The van der Waals surface area contributed by atoms with Crippen molar-refractivity contribution in [3.63, 3.8) is 0 Å². The van der Waals surface area contributed by atoms with Gasteiger partial charge in [0.1, 0.15) is 0 Å². The summed E-state index contributed by atoms with van der Waals surface area (Å²) in [5.74, 6) is 0. The average molecular weight is 506 g/mol. The molecule has 0 fully saturated rings. The maximum absolute atomic E-state index is 14.1. The van der Waals surface area contributed by atoms with Crippen molar-refractivity contribution >= 4 is 65.0 Å². The Bertz CT molecular complexity index is 2280. The Labute approximate surface area is 223 Å². The van der Waals surface area contributed by atoms with Crippen LogP contribution in [0.15, 0.2) is 135 Å². The topological polar surface area (TPSA) is 52.2 Å². The molecule has 0 atom stereocenters. The number of fused-ring (bicyclic) bond motifs is 8. The van der Waals surface area contributed by atoms with Crippen molar-refractivity contribution in [1.82, 2.24) is 4.57 Å². The highest BCUT2D eigenvalue weighted by Crippen LogP contribution is 2.39. The van der Waals surface area contributed by atoms with Gasteiger partial charge in [0.05, 0.1) is 10.9 Å². The molecule has 0 radical (unpaired) electrons. The monoisotopic (exact) mass is 505 g/mol. The zero-order valence-electron chi connectivity index (χ0n) is 21.2. The number of benzene rings is 6. The van der Waals surface area contributed by atoms with Crippen LogP contribution in [-0.2, 0) is 7.05 Å². The van der Waals surface area contributed by atoms with Crippen LogP contribution < -0.4 is 11.2 Å². The van der Waals surface area contributed by atoms with E-state index in [9.17, 15) is 9.59 Å². The molecular weight excluding hydrogens is 482 g/mol. The number of nitrogens with zero attached hydrogens (tertiary/aromatic N) is 1. The Morgan fingerprint density at radius 1 is 0.462 bits per heavy atom. The molecule has 1 aromatic heterocycles. The first kappa shape index (κ1) is 22.9. The number of hydrogen-bond donors (Lipinski definition) is 0. The number of hydrogen-bond acceptors (Lipinski definition) is 3. The van der Waals surface area contributed by atoms with Gasteiger partial charge in [0.25, 0.3) is 5.56 Å². The van der Waals surface area contributed by atoms with E-state index < -0.39 is 5.63 Å². The van der Waals surface area contributed by atoms with Gasteiger partial charge in [0.15, 0.2) is 5.58 Å². The van der Waals surface area contributed by atoms with Crippen LogP contribution in [0.1, 0.15) is 0 Å². The minimum Gasteiger partial charge on any atom is -0.421 e. The van der Waals surface area contributed by atoms with Crippen molar-refractivity contribution in [2.24, 2.45) is 7.05 Å². The molecule has 186 valence electrons. The number of rotatable bonds is 0. The van der Waals surface area contributed by atoms with Gasteiger partial charge >= 0.3 is 5.63 Å². The van der Waals surface area contributed by atoms with E-state index in [4.69, 9.17) is 4.42 Å². The van der Waals surface area contributed by atoms with E-state index >= 15 is 0 Å². The third-order valence-corrected chi connectivity index (χ3v) is 7.51. The number of aryl methyl sites for hydroxylation is 1. The Balaban J connectivity index is 2.00. The lowest BCUT2D eigenvalue weighted by atomic mass is 9.91. The van der Waals surface area contributed by atoms with Crippen molar-refractivity contribution in [2.75, 3.05) is 0 Å². The predicted octanol–water partition coefficient (Wildman–Crippen LogP) is 7.94. The van der Waals surface area contributed by atoms with Crippen molar-refractivity contribution in [1.29, 1.82) is 0 Å². The molecule has 39 heavy (non-hydrogen) atoms. The highest BCUT2D eigenvalue weighted by atomic mass is 16.4. The van der Waals surface area contributed by atoms with E-state index in [0.717, 1.165) is 43.1 Å². The van der Waals surface area contributed by atoms with Crippen LogP contribution in [0, 0.1) is 0 Å². The lowest BCUT2D eigenvalue weighted by Gasteiger charge is -2.12. The fourth-order valence-corrected chi connectivity index (χ4v) is 5.74. The molecule has 0 N–H and O–H groups in total. The van der Waals surface area contributed by atoms with Gasteiger partial charge in [-0.1, -0.05) is 97.1 Å². The third kappa shape index (κ3) is 3.53. The Hall–Kier alpha value is -5.22. The van der Waals surface area contributed by atoms with Crippen LogP contribution in [0.4, 0.5) is 0 Å². The summed E-state index contributed by atoms with van der Waals surface area (Å²) in [5, 5.41) is 8.66. The molecule has 0 aliphatic carbocycles. The second kappa shape index (κ2) is 8.96. The van der Waals surface area contributed by atoms with Gasteiger partial charge in [-0.15, -0.1) is 0 Å². The summed E-state index contributed by atoms with van der Waals surface area (Å²) in [7, 11) is 1.71. The van der Waals surface area contributed by atoms with E-state index in [-0.39, 0.29) is 5.56 Å². The zero-order chi connectivity index (χ0) is 26.5. The summed E-state index contributed by atoms with van der Waals surface area (Å²) in [6, 6.07) is 38.8. The van der Waals surface area contributed by atoms with Gasteiger partial charge in [0, 0.05) is 12.4 Å². The van der Waals surface area contributed by atoms with Crippen molar-refractivity contribution in [3.8, 4) is 0 Å². The average Bonchev–Trinajstić information content (AvgIpc) is 2.99. The van der Waals surface area contributed by atoms with Crippen molar-refractivity contribution < 1.29 is 4.42 Å². The second-order valence-electron chi connectivity index (χ2n) is 9.65. The molecule has 0 aliphatic heterocycles. The molecule has 0 spiro atoms. The van der Waals surface area contributed by atoms with Crippen LogP contribution in [0.25, 0.3) is 65.0 Å². The normalized spacial score (nSPS) is 11.4. The quantitative estimate of drug-likeness (QED) is 0.197. The second-order valence-corrected chi connectivity index (χ2v) is 9.65. The van der Waals surface area contributed by atoms with E-state index in [1.54, 1.807) is 35.9 Å². The molecule has 1 heterocycles. The molecule has 2 bridgehead atoms. The minimum atomic E-state index is -0.478. The number of aromatic nitrogens is 1. The summed E-state index contributed by atoms with van der Waals surface area (Å²) in [4.78, 5) is 27.9. The maximum Gasteiger partial charge on any atom is 0.344 e. The summed E-state index contributed by atoms with van der Waals surface area (Å²) in [5.41, 5.74) is 0.174. The SMILES string of the molecule is Cn1c(=O)c2ccccc2c2c3ccccc3c(c3ccccc3c(=O)oc3ccccc31)c1ccccc12. The van der Waals surface area contributed by atoms with Crippen LogP contribution >= 0.6 is 0 Å². The van der Waals surface area contributed by atoms with Crippen LogP contribution in [0.5, 0.6) is 0 Å². The largest absolute Gasteiger partial charge is 0.421 e. The van der Waals surface area contributed by atoms with Crippen LogP contribution in [-0.4, -0.2) is 4.57 Å². The first-order valence-electron chi connectivity index (χ1n) is 12.8. The van der Waals surface area contributed by atoms with Gasteiger partial charge in [-0.05, 0) is 67.4 Å². The third-order valence-electron chi connectivity index (χ3n) is 7.51. The zero-order valence-corrected chi connectivity index (χ0v) is 21.2. The van der Waals surface area contributed by atoms with Gasteiger partial charge in [-0.3, -0.25) is 4.79 Å². The van der Waals surface area contributed by atoms with Crippen LogP contribution in [0.3, 0.4) is 0 Å². The van der Waals surface area contributed by atoms with Gasteiger partial charge in [-0.2, -0.15) is 0 Å². The van der Waals surface area contributed by atoms with Crippen molar-refractivity contribution in [2.45, 2.75) is 0 Å². The molecule has 6 aromatic carbocycles. The molecule has 0 aliphatic rings. The van der Waals surface area contributed by atoms with Gasteiger partial charge < -0.3 is 8.98 Å². The maximum atomic E-state index is 14.1. The predicted molar refractivity (Wildman–Crippen MR) is 162 cm³/mol. The number of para-hydroxylation sites is 2. The van der Waals surface area contributed by atoms with Crippen LogP contribution in [0.2, 0.25) is 0 Å². The molecule has 4 heteroatoms. The summed E-state index contributed by atoms with van der Waals surface area (Å²) in [6.45, 7) is 0. The lowest BCUT2D eigenvalue weighted by molar-refractivity contribution is 0.569. The Morgan fingerprint density at radius 3 is 1.33 bits per heavy atom. The molecular formula is C35H23NO3. The van der Waals surface area contributed by atoms with E-state index in [0.29, 0.717) is 21.9 Å². The highest BCUT2D eigenvalue weighted by molar-refractivity contribution is 6.34. The standard InChI is InChI=1S/C35H23NO3/c1-36-30-20-10-11-21-31(30)39-35(38)29-19-9-7-17-27(29)33-24-14-4-2-12-22(24)32(23-13-3-5-15-25(23)33)26-16-6-8-18-28(26)34(36)37/h2-21H,1H3. The highest BCUT2D eigenvalue weighted by Gasteiger charge is 2.13. The Morgan fingerprint density at radius 2 is 0.821 bits per heavy atom. The summed E-state index contributed by atoms with van der Waals surface area (Å²) >= 11 is 0. The molecule has 7 rings (SSSR count). The first-order valence-corrected chi connectivity index (χ1v) is 12.8. The Kier molecular flexibility index (Phi) is 5.27. The molecule has 0 saturated heterocycles. The van der Waals surface area contributed by atoms with E-state index in [2.05, 4.69) is 24.3 Å². The van der Waals surface area contributed by atoms with Crippen molar-refractivity contribution in [3.05, 3.63) is 142 Å². The van der Waals surface area contributed by atoms with E-state index in [1.165, 1.54) is 0 Å². The lowest BCUT2D eigenvalue weighted by Crippen LogP contribution is -2.15. The molecule has 7 aromatic rings. The van der Waals surface area contributed by atoms with Gasteiger partial charge in [0.2, 0.25) is 0 Å². The first-order chi connectivity index (χ1) is 19.1.